The molecule has 2 unspecified atom stereocenters. The van der Waals surface area contributed by atoms with Gasteiger partial charge in [0, 0.05) is 6.42 Å². The van der Waals surface area contributed by atoms with Crippen LogP contribution >= 0.6 is 0 Å². The van der Waals surface area contributed by atoms with Crippen molar-refractivity contribution in [1.29, 1.82) is 0 Å². The first-order chi connectivity index (χ1) is 17.9. The molecule has 0 bridgehead atoms. The third-order valence-electron chi connectivity index (χ3n) is 8.54. The Hall–Kier alpha value is -1.06. The van der Waals surface area contributed by atoms with Gasteiger partial charge in [-0.1, -0.05) is 149 Å². The number of rotatable bonds is 29. The van der Waals surface area contributed by atoms with Gasteiger partial charge in [0.2, 0.25) is 0 Å². The van der Waals surface area contributed by atoms with Gasteiger partial charge in [0.05, 0.1) is 5.41 Å². The van der Waals surface area contributed by atoms with Gasteiger partial charge in [-0.2, -0.15) is 0 Å². The Kier molecular flexibility index (Phi) is 24.5. The van der Waals surface area contributed by atoms with Crippen molar-refractivity contribution in [2.75, 3.05) is 0 Å². The lowest BCUT2D eigenvalue weighted by atomic mass is 9.69. The molecule has 0 fully saturated rings. The number of carboxylic acids is 2. The highest BCUT2D eigenvalue weighted by Gasteiger charge is 2.39. The molecule has 0 spiro atoms. The molecular weight excluding hydrogens is 460 g/mol. The van der Waals surface area contributed by atoms with E-state index in [9.17, 15) is 14.7 Å². The van der Waals surface area contributed by atoms with Crippen LogP contribution in [0.4, 0.5) is 0 Å². The number of hydrogen-bond donors (Lipinski definition) is 2. The van der Waals surface area contributed by atoms with Crippen LogP contribution in [0.15, 0.2) is 0 Å². The van der Waals surface area contributed by atoms with Crippen molar-refractivity contribution in [2.24, 2.45) is 11.3 Å². The van der Waals surface area contributed by atoms with Crippen LogP contribution in [0.2, 0.25) is 0 Å². The Morgan fingerprint density at radius 3 is 1.27 bits per heavy atom. The molecule has 220 valence electrons. The van der Waals surface area contributed by atoms with Crippen molar-refractivity contribution in [2.45, 2.75) is 188 Å². The Labute approximate surface area is 230 Å². The van der Waals surface area contributed by atoms with Crippen molar-refractivity contribution in [1.82, 2.24) is 0 Å². The monoisotopic (exact) mass is 524 g/mol. The molecule has 0 amide bonds. The van der Waals surface area contributed by atoms with Crippen LogP contribution in [-0.4, -0.2) is 22.2 Å². The topological polar surface area (TPSA) is 74.6 Å². The fourth-order valence-corrected chi connectivity index (χ4v) is 5.79. The highest BCUT2D eigenvalue weighted by Crippen LogP contribution is 2.40. The molecule has 0 aliphatic rings. The van der Waals surface area contributed by atoms with Gasteiger partial charge < -0.3 is 10.2 Å². The standard InChI is InChI=1S/C33H64O4/c1-4-6-8-10-18-22-26-30(33(3,32(36)37)29-25-21-11-9-7-5-2)27-23-19-16-14-12-13-15-17-20-24-28-31(34)35/h30H,4-29H2,1-3H3,(H,34,35)(H,36,37). The molecule has 0 heterocycles. The number of aliphatic carboxylic acids is 2. The zero-order valence-corrected chi connectivity index (χ0v) is 25.2. The van der Waals surface area contributed by atoms with Gasteiger partial charge in [0.1, 0.15) is 0 Å². The second-order valence-electron chi connectivity index (χ2n) is 12.0. The molecule has 37 heavy (non-hydrogen) atoms. The molecule has 2 N–H and O–H groups in total. The molecule has 0 aromatic heterocycles. The predicted molar refractivity (Wildman–Crippen MR) is 158 cm³/mol. The summed E-state index contributed by atoms with van der Waals surface area (Å²) in [7, 11) is 0. The molecule has 0 rings (SSSR count). The van der Waals surface area contributed by atoms with Crippen LogP contribution in [0.3, 0.4) is 0 Å². The van der Waals surface area contributed by atoms with E-state index in [0.717, 1.165) is 51.4 Å². The van der Waals surface area contributed by atoms with Gasteiger partial charge in [0.15, 0.2) is 0 Å². The summed E-state index contributed by atoms with van der Waals surface area (Å²) in [6.45, 7) is 6.54. The molecule has 0 saturated heterocycles. The van der Waals surface area contributed by atoms with E-state index >= 15 is 0 Å². The van der Waals surface area contributed by atoms with Crippen molar-refractivity contribution in [3.05, 3.63) is 0 Å². The zero-order valence-electron chi connectivity index (χ0n) is 25.2. The number of unbranched alkanes of at least 4 members (excludes halogenated alkanes) is 19. The normalized spacial score (nSPS) is 13.9. The van der Waals surface area contributed by atoms with E-state index in [-0.39, 0.29) is 0 Å². The van der Waals surface area contributed by atoms with Crippen molar-refractivity contribution >= 4 is 11.9 Å². The maximum absolute atomic E-state index is 12.5. The average Bonchev–Trinajstić information content (AvgIpc) is 2.87. The van der Waals surface area contributed by atoms with E-state index in [1.54, 1.807) is 0 Å². The fourth-order valence-electron chi connectivity index (χ4n) is 5.79. The number of carbonyl (C=O) groups is 2. The second kappa shape index (κ2) is 25.2. The van der Waals surface area contributed by atoms with Gasteiger partial charge in [-0.3, -0.25) is 9.59 Å². The molecule has 0 aromatic carbocycles. The summed E-state index contributed by atoms with van der Waals surface area (Å²) in [5, 5.41) is 19.0. The molecular formula is C33H64O4. The fraction of sp³-hybridized carbons (Fsp3) is 0.939. The summed E-state index contributed by atoms with van der Waals surface area (Å²) >= 11 is 0. The Morgan fingerprint density at radius 2 is 0.892 bits per heavy atom. The van der Waals surface area contributed by atoms with Crippen molar-refractivity contribution < 1.29 is 19.8 Å². The van der Waals surface area contributed by atoms with E-state index in [2.05, 4.69) is 20.8 Å². The lowest BCUT2D eigenvalue weighted by Crippen LogP contribution is -2.36. The first kappa shape index (κ1) is 35.9. The molecule has 0 aliphatic carbocycles. The number of carboxylic acid groups (broad SMARTS) is 2. The summed E-state index contributed by atoms with van der Waals surface area (Å²) in [5.74, 6) is -0.946. The summed E-state index contributed by atoms with van der Waals surface area (Å²) < 4.78 is 0. The average molecular weight is 525 g/mol. The van der Waals surface area contributed by atoms with Gasteiger partial charge in [-0.25, -0.2) is 0 Å². The van der Waals surface area contributed by atoms with E-state index in [4.69, 9.17) is 5.11 Å². The minimum Gasteiger partial charge on any atom is -0.481 e. The van der Waals surface area contributed by atoms with Crippen LogP contribution in [0.5, 0.6) is 0 Å². The minimum atomic E-state index is -0.680. The van der Waals surface area contributed by atoms with Crippen molar-refractivity contribution in [3.8, 4) is 0 Å². The smallest absolute Gasteiger partial charge is 0.309 e. The largest absolute Gasteiger partial charge is 0.481 e. The van der Waals surface area contributed by atoms with Crippen LogP contribution in [0.1, 0.15) is 188 Å². The SMILES string of the molecule is CCCCCCCCC(CCCCCCCCCCCCC(=O)O)C(C)(CCCCCCCC)C(=O)O. The summed E-state index contributed by atoms with van der Waals surface area (Å²) in [6.07, 6.45) is 29.9. The zero-order chi connectivity index (χ0) is 27.6. The molecule has 0 saturated carbocycles. The van der Waals surface area contributed by atoms with Gasteiger partial charge in [0.25, 0.3) is 0 Å². The van der Waals surface area contributed by atoms with E-state index in [1.807, 2.05) is 0 Å². The Balaban J connectivity index is 4.43. The number of hydrogen-bond acceptors (Lipinski definition) is 2. The summed E-state index contributed by atoms with van der Waals surface area (Å²) in [5.41, 5.74) is -0.575. The highest BCUT2D eigenvalue weighted by atomic mass is 16.4. The first-order valence-corrected chi connectivity index (χ1v) is 16.3. The van der Waals surface area contributed by atoms with Crippen molar-refractivity contribution in [3.63, 3.8) is 0 Å². The quantitative estimate of drug-likeness (QED) is 0.0954. The lowest BCUT2D eigenvalue weighted by Gasteiger charge is -2.35. The van der Waals surface area contributed by atoms with E-state index in [1.165, 1.54) is 109 Å². The maximum atomic E-state index is 12.5. The lowest BCUT2D eigenvalue weighted by molar-refractivity contribution is -0.152. The third kappa shape index (κ3) is 20.6. The second-order valence-corrected chi connectivity index (χ2v) is 12.0. The molecule has 4 nitrogen and oxygen atoms in total. The van der Waals surface area contributed by atoms with Gasteiger partial charge in [-0.15, -0.1) is 0 Å². The molecule has 0 radical (unpaired) electrons. The van der Waals surface area contributed by atoms with Gasteiger partial charge in [-0.05, 0) is 38.5 Å². The van der Waals surface area contributed by atoms with Gasteiger partial charge >= 0.3 is 11.9 Å². The van der Waals surface area contributed by atoms with E-state index < -0.39 is 17.4 Å². The summed E-state index contributed by atoms with van der Waals surface area (Å²) in [6, 6.07) is 0. The van der Waals surface area contributed by atoms with Crippen LogP contribution in [0, 0.1) is 11.3 Å². The highest BCUT2D eigenvalue weighted by molar-refractivity contribution is 5.74. The predicted octanol–water partition coefficient (Wildman–Crippen LogP) is 11.0. The van der Waals surface area contributed by atoms with Crippen LogP contribution < -0.4 is 0 Å². The first-order valence-electron chi connectivity index (χ1n) is 16.3. The van der Waals surface area contributed by atoms with Crippen LogP contribution in [-0.2, 0) is 9.59 Å². The molecule has 0 aliphatic heterocycles. The Bertz CT molecular complexity index is 532. The van der Waals surface area contributed by atoms with Crippen LogP contribution in [0.25, 0.3) is 0 Å². The van der Waals surface area contributed by atoms with E-state index in [0.29, 0.717) is 12.3 Å². The molecule has 2 atom stereocenters. The minimum absolute atomic E-state index is 0.303. The Morgan fingerprint density at radius 1 is 0.541 bits per heavy atom. The molecule has 0 aromatic rings. The molecule has 4 heteroatoms. The summed E-state index contributed by atoms with van der Waals surface area (Å²) in [4.78, 5) is 23.1. The maximum Gasteiger partial charge on any atom is 0.309 e. The third-order valence-corrected chi connectivity index (χ3v) is 8.54.